The largest absolute Gasteiger partial charge is 0.493 e. The third-order valence-corrected chi connectivity index (χ3v) is 6.20. The molecule has 0 spiro atoms. The average Bonchev–Trinajstić information content (AvgIpc) is 3.16. The third kappa shape index (κ3) is 3.12. The molecule has 0 radical (unpaired) electrons. The van der Waals surface area contributed by atoms with Gasteiger partial charge in [0.05, 0.1) is 29.8 Å². The number of fused-ring (bicyclic) bond motifs is 5. The molecule has 152 valence electrons. The number of likely N-dealkylation sites (N-methyl/N-ethyl adjacent to an activating group) is 1. The molecule has 30 heavy (non-hydrogen) atoms. The molecule has 1 saturated heterocycles. The molecule has 1 fully saturated rings. The highest BCUT2D eigenvalue weighted by molar-refractivity contribution is 6.16. The van der Waals surface area contributed by atoms with Crippen LogP contribution in [0.2, 0.25) is 0 Å². The molecule has 2 aromatic carbocycles. The maximum absolute atomic E-state index is 9.19. The van der Waals surface area contributed by atoms with Gasteiger partial charge in [0.2, 0.25) is 0 Å². The number of aromatic nitrogens is 2. The Hall–Kier alpha value is -3.30. The lowest BCUT2D eigenvalue weighted by Crippen LogP contribution is -2.40. The zero-order valence-corrected chi connectivity index (χ0v) is 17.2. The fourth-order valence-corrected chi connectivity index (χ4v) is 4.44. The van der Waals surface area contributed by atoms with E-state index in [-0.39, 0.29) is 0 Å². The Morgan fingerprint density at radius 1 is 1.17 bits per heavy atom. The molecule has 0 bridgehead atoms. The highest BCUT2D eigenvalue weighted by Crippen LogP contribution is 2.37. The van der Waals surface area contributed by atoms with Crippen molar-refractivity contribution < 1.29 is 9.47 Å². The van der Waals surface area contributed by atoms with Gasteiger partial charge in [0.15, 0.2) is 11.5 Å². The molecular weight excluding hydrogens is 376 g/mol. The van der Waals surface area contributed by atoms with Crippen LogP contribution < -0.4 is 9.47 Å². The SMILES string of the molecule is COc1cc2c(cc1OCC1CCCCN1C)ncc1c3ccc(C#N)cc3[nH]c21. The van der Waals surface area contributed by atoms with Gasteiger partial charge in [0.1, 0.15) is 6.61 Å². The van der Waals surface area contributed by atoms with Gasteiger partial charge in [-0.25, -0.2) is 0 Å². The van der Waals surface area contributed by atoms with Crippen LogP contribution >= 0.6 is 0 Å². The number of rotatable bonds is 4. The number of hydrogen-bond acceptors (Lipinski definition) is 5. The van der Waals surface area contributed by atoms with Gasteiger partial charge in [-0.15, -0.1) is 0 Å². The predicted octanol–water partition coefficient (Wildman–Crippen LogP) is 4.61. The summed E-state index contributed by atoms with van der Waals surface area (Å²) in [5, 5.41) is 12.3. The summed E-state index contributed by atoms with van der Waals surface area (Å²) in [6.07, 6.45) is 5.55. The molecule has 3 heterocycles. The van der Waals surface area contributed by atoms with Crippen LogP contribution in [-0.2, 0) is 0 Å². The number of ether oxygens (including phenoxy) is 2. The second-order valence-electron chi connectivity index (χ2n) is 8.01. The van der Waals surface area contributed by atoms with Gasteiger partial charge >= 0.3 is 0 Å². The van der Waals surface area contributed by atoms with E-state index in [0.717, 1.165) is 51.4 Å². The maximum Gasteiger partial charge on any atom is 0.163 e. The normalized spacial score (nSPS) is 17.4. The summed E-state index contributed by atoms with van der Waals surface area (Å²) in [6, 6.07) is 12.2. The van der Waals surface area contributed by atoms with Crippen LogP contribution in [0.1, 0.15) is 24.8 Å². The topological polar surface area (TPSA) is 74.2 Å². The predicted molar refractivity (Wildman–Crippen MR) is 118 cm³/mol. The lowest BCUT2D eigenvalue weighted by Gasteiger charge is -2.32. The molecule has 6 nitrogen and oxygen atoms in total. The van der Waals surface area contributed by atoms with E-state index in [2.05, 4.69) is 28.0 Å². The van der Waals surface area contributed by atoms with E-state index >= 15 is 0 Å². The first kappa shape index (κ1) is 18.7. The molecule has 1 aliphatic rings. The van der Waals surface area contributed by atoms with Crippen LogP contribution in [0.15, 0.2) is 36.5 Å². The molecule has 2 aromatic heterocycles. The van der Waals surface area contributed by atoms with Crippen LogP contribution in [0.5, 0.6) is 11.5 Å². The Labute approximate surface area is 175 Å². The second-order valence-corrected chi connectivity index (χ2v) is 8.01. The quantitative estimate of drug-likeness (QED) is 0.541. The van der Waals surface area contributed by atoms with E-state index in [9.17, 15) is 5.26 Å². The maximum atomic E-state index is 9.19. The minimum absolute atomic E-state index is 0.428. The number of nitriles is 1. The van der Waals surface area contributed by atoms with Crippen molar-refractivity contribution in [3.63, 3.8) is 0 Å². The number of nitrogens with zero attached hydrogens (tertiary/aromatic N) is 3. The van der Waals surface area contributed by atoms with Gasteiger partial charge < -0.3 is 19.4 Å². The van der Waals surface area contributed by atoms with Gasteiger partial charge in [0.25, 0.3) is 0 Å². The summed E-state index contributed by atoms with van der Waals surface area (Å²) in [7, 11) is 3.83. The van der Waals surface area contributed by atoms with Crippen molar-refractivity contribution in [1.82, 2.24) is 14.9 Å². The number of benzene rings is 2. The first-order chi connectivity index (χ1) is 14.7. The fraction of sp³-hybridized carbons (Fsp3) is 0.333. The summed E-state index contributed by atoms with van der Waals surface area (Å²) in [6.45, 7) is 1.76. The molecule has 6 heteroatoms. The Balaban J connectivity index is 1.56. The van der Waals surface area contributed by atoms with E-state index in [4.69, 9.17) is 9.47 Å². The Kier molecular flexibility index (Phi) is 4.68. The van der Waals surface area contributed by atoms with Crippen molar-refractivity contribution in [3.05, 3.63) is 42.1 Å². The summed E-state index contributed by atoms with van der Waals surface area (Å²) < 4.78 is 11.9. The van der Waals surface area contributed by atoms with Crippen LogP contribution in [0, 0.1) is 11.3 Å². The van der Waals surface area contributed by atoms with Crippen molar-refractivity contribution in [1.29, 1.82) is 5.26 Å². The number of piperidine rings is 1. The summed E-state index contributed by atoms with van der Waals surface area (Å²) in [4.78, 5) is 10.5. The van der Waals surface area contributed by atoms with Crippen molar-refractivity contribution >= 4 is 32.7 Å². The smallest absolute Gasteiger partial charge is 0.163 e. The van der Waals surface area contributed by atoms with Crippen LogP contribution in [-0.4, -0.2) is 48.2 Å². The van der Waals surface area contributed by atoms with E-state index in [1.165, 1.54) is 12.8 Å². The third-order valence-electron chi connectivity index (χ3n) is 6.20. The summed E-state index contributed by atoms with van der Waals surface area (Å²) in [5.41, 5.74) is 3.40. The van der Waals surface area contributed by atoms with Crippen molar-refractivity contribution in [2.45, 2.75) is 25.3 Å². The number of aromatic amines is 1. The molecule has 1 N–H and O–H groups in total. The molecule has 0 aliphatic carbocycles. The Morgan fingerprint density at radius 3 is 2.87 bits per heavy atom. The van der Waals surface area contributed by atoms with E-state index < -0.39 is 0 Å². The number of pyridine rings is 1. The molecule has 0 amide bonds. The van der Waals surface area contributed by atoms with E-state index in [1.807, 2.05) is 36.5 Å². The van der Waals surface area contributed by atoms with Crippen LogP contribution in [0.25, 0.3) is 32.7 Å². The minimum atomic E-state index is 0.428. The lowest BCUT2D eigenvalue weighted by molar-refractivity contribution is 0.123. The Morgan fingerprint density at radius 2 is 2.07 bits per heavy atom. The molecule has 0 saturated carbocycles. The zero-order chi connectivity index (χ0) is 20.7. The standard InChI is InChI=1S/C24H24N4O2/c1-28-8-4-3-5-16(28)14-30-23-11-20-18(10-22(23)29-2)24-19(13-26-20)17-7-6-15(12-25)9-21(17)27-24/h6-7,9-11,13,16,27H,3-5,8,14H2,1-2H3. The van der Waals surface area contributed by atoms with Gasteiger partial charge in [-0.2, -0.15) is 5.26 Å². The zero-order valence-electron chi connectivity index (χ0n) is 17.2. The highest BCUT2D eigenvalue weighted by atomic mass is 16.5. The van der Waals surface area contributed by atoms with Gasteiger partial charge in [-0.1, -0.05) is 12.5 Å². The van der Waals surface area contributed by atoms with Gasteiger partial charge in [0, 0.05) is 40.0 Å². The van der Waals surface area contributed by atoms with Crippen molar-refractivity contribution in [3.8, 4) is 17.6 Å². The first-order valence-corrected chi connectivity index (χ1v) is 10.3. The number of H-pyrrole nitrogens is 1. The van der Waals surface area contributed by atoms with Gasteiger partial charge in [-0.3, -0.25) is 4.98 Å². The van der Waals surface area contributed by atoms with Crippen LogP contribution in [0.3, 0.4) is 0 Å². The molecule has 1 atom stereocenters. The summed E-state index contributed by atoms with van der Waals surface area (Å²) in [5.74, 6) is 1.42. The van der Waals surface area contributed by atoms with E-state index in [0.29, 0.717) is 24.0 Å². The van der Waals surface area contributed by atoms with Gasteiger partial charge in [-0.05, 0) is 44.6 Å². The molecular formula is C24H24N4O2. The average molecular weight is 400 g/mol. The molecule has 1 aliphatic heterocycles. The minimum Gasteiger partial charge on any atom is -0.493 e. The fourth-order valence-electron chi connectivity index (χ4n) is 4.44. The van der Waals surface area contributed by atoms with Crippen molar-refractivity contribution in [2.24, 2.45) is 0 Å². The monoisotopic (exact) mass is 400 g/mol. The first-order valence-electron chi connectivity index (χ1n) is 10.3. The lowest BCUT2D eigenvalue weighted by atomic mass is 10.0. The number of hydrogen-bond donors (Lipinski definition) is 1. The molecule has 5 rings (SSSR count). The Bertz CT molecular complexity index is 1290. The van der Waals surface area contributed by atoms with E-state index in [1.54, 1.807) is 7.11 Å². The number of methoxy groups -OCH3 is 1. The number of likely N-dealkylation sites (tertiary alicyclic amines) is 1. The molecule has 4 aromatic rings. The van der Waals surface area contributed by atoms with Crippen molar-refractivity contribution in [2.75, 3.05) is 27.3 Å². The molecule has 1 unspecified atom stereocenters. The highest BCUT2D eigenvalue weighted by Gasteiger charge is 2.21. The van der Waals surface area contributed by atoms with Crippen LogP contribution in [0.4, 0.5) is 0 Å². The number of nitrogens with one attached hydrogen (secondary N) is 1. The second kappa shape index (κ2) is 7.51. The summed E-state index contributed by atoms with van der Waals surface area (Å²) >= 11 is 0.